The number of nitrogens with zero attached hydrogens (tertiary/aromatic N) is 1. The van der Waals surface area contributed by atoms with E-state index in [-0.39, 0.29) is 31.3 Å². The molecule has 0 bridgehead atoms. The number of rotatable bonds is 2. The maximum Gasteiger partial charge on any atom is 0.159 e. The van der Waals surface area contributed by atoms with Crippen molar-refractivity contribution in [2.45, 2.75) is 36.3 Å². The van der Waals surface area contributed by atoms with E-state index in [4.69, 9.17) is 15.3 Å². The molecule has 4 atom stereocenters. The van der Waals surface area contributed by atoms with Crippen LogP contribution >= 0.6 is 11.8 Å². The number of halogens is 1. The van der Waals surface area contributed by atoms with Crippen molar-refractivity contribution >= 4 is 16.9 Å². The summed E-state index contributed by atoms with van der Waals surface area (Å²) >= 11 is 1.07. The molecule has 6 nitrogen and oxygen atoms in total. The maximum absolute atomic E-state index is 12.7. The van der Waals surface area contributed by atoms with Crippen LogP contribution in [-0.2, 0) is 4.74 Å². The molecule has 0 radical (unpaired) electrons. The lowest BCUT2D eigenvalue weighted by Gasteiger charge is -2.39. The third-order valence-corrected chi connectivity index (χ3v) is 4.13. The molecule has 0 aromatic heterocycles. The minimum absolute atomic E-state index is 0.178. The van der Waals surface area contributed by atoms with Gasteiger partial charge in [-0.2, -0.15) is 0 Å². The molecular weight excluding hydrogens is 263 g/mol. The highest BCUT2D eigenvalue weighted by Gasteiger charge is 2.38. The molecule has 18 heavy (non-hydrogen) atoms. The standard InChI is InChI=1S/C10H17FN2O4S/c11-5-2-13(3-5)10(12)18-8-1-6(15)9(16)7(4-14)17-8/h5-9,12,14-16H,1-4H2/t6?,7?,8-,9+/m1/s1. The second-order valence-electron chi connectivity index (χ2n) is 4.51. The number of aliphatic hydroxyl groups excluding tert-OH is 3. The van der Waals surface area contributed by atoms with Gasteiger partial charge in [-0.05, 0) is 0 Å². The van der Waals surface area contributed by atoms with E-state index >= 15 is 0 Å². The number of hydrogen-bond acceptors (Lipinski definition) is 6. The van der Waals surface area contributed by atoms with Gasteiger partial charge in [0.25, 0.3) is 0 Å². The molecule has 2 aliphatic heterocycles. The summed E-state index contributed by atoms with van der Waals surface area (Å²) < 4.78 is 18.0. The van der Waals surface area contributed by atoms with Gasteiger partial charge in [0.05, 0.1) is 25.8 Å². The van der Waals surface area contributed by atoms with Crippen molar-refractivity contribution in [3.8, 4) is 0 Å². The molecule has 8 heteroatoms. The Kier molecular flexibility index (Phi) is 4.44. The highest BCUT2D eigenvalue weighted by molar-refractivity contribution is 8.14. The molecule has 0 aromatic rings. The average molecular weight is 280 g/mol. The number of aliphatic hydroxyl groups is 3. The topological polar surface area (TPSA) is 97.0 Å². The van der Waals surface area contributed by atoms with Gasteiger partial charge in [0, 0.05) is 6.42 Å². The number of alkyl halides is 1. The number of nitrogens with one attached hydrogen (secondary N) is 1. The van der Waals surface area contributed by atoms with Gasteiger partial charge in [0.1, 0.15) is 23.8 Å². The van der Waals surface area contributed by atoms with Gasteiger partial charge in [-0.1, -0.05) is 11.8 Å². The summed E-state index contributed by atoms with van der Waals surface area (Å²) in [5, 5.41) is 36.1. The first kappa shape index (κ1) is 14.0. The Bertz CT molecular complexity index is 316. The van der Waals surface area contributed by atoms with Gasteiger partial charge in [-0.15, -0.1) is 0 Å². The largest absolute Gasteiger partial charge is 0.394 e. The first-order valence-electron chi connectivity index (χ1n) is 5.78. The number of thioether (sulfide) groups is 1. The fourth-order valence-electron chi connectivity index (χ4n) is 1.93. The van der Waals surface area contributed by atoms with Crippen LogP contribution in [0.2, 0.25) is 0 Å². The van der Waals surface area contributed by atoms with Crippen LogP contribution in [0.1, 0.15) is 6.42 Å². The zero-order valence-electron chi connectivity index (χ0n) is 9.70. The molecule has 104 valence electrons. The van der Waals surface area contributed by atoms with Crippen molar-refractivity contribution in [3.63, 3.8) is 0 Å². The summed E-state index contributed by atoms with van der Waals surface area (Å²) in [5.41, 5.74) is -0.508. The first-order valence-corrected chi connectivity index (χ1v) is 6.66. The smallest absolute Gasteiger partial charge is 0.159 e. The van der Waals surface area contributed by atoms with Crippen LogP contribution in [0.4, 0.5) is 4.39 Å². The first-order chi connectivity index (χ1) is 8.51. The SMILES string of the molecule is N=C(S[C@@H]1CC(O)[C@H](O)C(CO)O1)N1CC(F)C1. The normalized spacial score (nSPS) is 37.4. The molecular formula is C10H17FN2O4S. The lowest BCUT2D eigenvalue weighted by Crippen LogP contribution is -2.52. The van der Waals surface area contributed by atoms with Gasteiger partial charge in [-0.25, -0.2) is 4.39 Å². The molecule has 0 spiro atoms. The second-order valence-corrected chi connectivity index (χ2v) is 5.65. The van der Waals surface area contributed by atoms with Crippen molar-refractivity contribution in [3.05, 3.63) is 0 Å². The quantitative estimate of drug-likeness (QED) is 0.388. The Morgan fingerprint density at radius 2 is 2.11 bits per heavy atom. The van der Waals surface area contributed by atoms with E-state index in [9.17, 15) is 14.6 Å². The molecule has 2 heterocycles. The van der Waals surface area contributed by atoms with Crippen LogP contribution in [0, 0.1) is 5.41 Å². The van der Waals surface area contributed by atoms with E-state index in [0.717, 1.165) is 11.8 Å². The number of likely N-dealkylation sites (tertiary alicyclic amines) is 1. The highest BCUT2D eigenvalue weighted by atomic mass is 32.2. The Labute approximate surface area is 108 Å². The molecule has 0 saturated carbocycles. The summed E-state index contributed by atoms with van der Waals surface area (Å²) in [4.78, 5) is 1.57. The molecule has 2 fully saturated rings. The van der Waals surface area contributed by atoms with Crippen LogP contribution in [0.5, 0.6) is 0 Å². The monoisotopic (exact) mass is 280 g/mol. The zero-order valence-corrected chi connectivity index (χ0v) is 10.5. The van der Waals surface area contributed by atoms with Gasteiger partial charge >= 0.3 is 0 Å². The van der Waals surface area contributed by atoms with E-state index in [1.54, 1.807) is 4.90 Å². The van der Waals surface area contributed by atoms with Crippen molar-refractivity contribution in [2.75, 3.05) is 19.7 Å². The zero-order chi connectivity index (χ0) is 13.3. The summed E-state index contributed by atoms with van der Waals surface area (Å²) in [6.45, 7) is 0.0409. The van der Waals surface area contributed by atoms with E-state index in [0.29, 0.717) is 0 Å². The average Bonchev–Trinajstić information content (AvgIpc) is 2.29. The van der Waals surface area contributed by atoms with Crippen molar-refractivity contribution in [1.82, 2.24) is 4.90 Å². The molecule has 0 aliphatic carbocycles. The third kappa shape index (κ3) is 2.94. The minimum Gasteiger partial charge on any atom is -0.394 e. The molecule has 2 unspecified atom stereocenters. The van der Waals surface area contributed by atoms with Crippen LogP contribution in [-0.4, -0.2) is 75.0 Å². The molecule has 0 aromatic carbocycles. The fraction of sp³-hybridized carbons (Fsp3) is 0.900. The van der Waals surface area contributed by atoms with Crippen LogP contribution in [0.25, 0.3) is 0 Å². The molecule has 2 rings (SSSR count). The van der Waals surface area contributed by atoms with Crippen molar-refractivity contribution < 1.29 is 24.4 Å². The maximum atomic E-state index is 12.7. The third-order valence-electron chi connectivity index (χ3n) is 3.08. The minimum atomic E-state index is -1.11. The summed E-state index contributed by atoms with van der Waals surface area (Å²) in [6, 6.07) is 0. The fourth-order valence-corrected chi connectivity index (χ4v) is 2.97. The van der Waals surface area contributed by atoms with Crippen LogP contribution in [0.15, 0.2) is 0 Å². The van der Waals surface area contributed by atoms with E-state index in [1.165, 1.54) is 0 Å². The molecule has 0 amide bonds. The van der Waals surface area contributed by atoms with Gasteiger partial charge in [-0.3, -0.25) is 5.41 Å². The number of amidine groups is 1. The summed E-state index contributed by atoms with van der Waals surface area (Å²) in [6.07, 6.45) is -3.63. The Morgan fingerprint density at radius 1 is 1.44 bits per heavy atom. The van der Waals surface area contributed by atoms with E-state index < -0.39 is 29.9 Å². The van der Waals surface area contributed by atoms with E-state index in [1.807, 2.05) is 0 Å². The lowest BCUT2D eigenvalue weighted by atomic mass is 10.0. The molecule has 2 saturated heterocycles. The molecule has 2 aliphatic rings. The van der Waals surface area contributed by atoms with Crippen molar-refractivity contribution in [2.24, 2.45) is 0 Å². The Hall–Kier alpha value is -0.410. The number of ether oxygens (including phenoxy) is 1. The lowest BCUT2D eigenvalue weighted by molar-refractivity contribution is -0.156. The predicted octanol–water partition coefficient (Wildman–Crippen LogP) is -0.863. The highest BCUT2D eigenvalue weighted by Crippen LogP contribution is 2.30. The summed E-state index contributed by atoms with van der Waals surface area (Å²) in [5.74, 6) is 0. The van der Waals surface area contributed by atoms with Crippen LogP contribution < -0.4 is 0 Å². The molecule has 4 N–H and O–H groups in total. The van der Waals surface area contributed by atoms with Gasteiger partial charge in [0.2, 0.25) is 0 Å². The van der Waals surface area contributed by atoms with Crippen molar-refractivity contribution in [1.29, 1.82) is 5.41 Å². The Morgan fingerprint density at radius 3 is 2.67 bits per heavy atom. The van der Waals surface area contributed by atoms with Crippen LogP contribution in [0.3, 0.4) is 0 Å². The predicted molar refractivity (Wildman–Crippen MR) is 64.2 cm³/mol. The number of hydrogen-bond donors (Lipinski definition) is 4. The van der Waals surface area contributed by atoms with Gasteiger partial charge in [0.15, 0.2) is 5.17 Å². The van der Waals surface area contributed by atoms with E-state index in [2.05, 4.69) is 0 Å². The Balaban J connectivity index is 1.84. The second kappa shape index (κ2) is 5.70. The summed E-state index contributed by atoms with van der Waals surface area (Å²) in [7, 11) is 0. The van der Waals surface area contributed by atoms with Gasteiger partial charge < -0.3 is 25.0 Å².